The van der Waals surface area contributed by atoms with E-state index >= 15 is 0 Å². The molecule has 0 fully saturated rings. The summed E-state index contributed by atoms with van der Waals surface area (Å²) in [5.41, 5.74) is 0.525. The lowest BCUT2D eigenvalue weighted by Gasteiger charge is -2.14. The van der Waals surface area contributed by atoms with Gasteiger partial charge in [0.05, 0.1) is 19.8 Å². The molecule has 1 aromatic heterocycles. The van der Waals surface area contributed by atoms with E-state index in [-0.39, 0.29) is 12.1 Å². The van der Waals surface area contributed by atoms with E-state index in [4.69, 9.17) is 9.47 Å². The first kappa shape index (κ1) is 13.2. The summed E-state index contributed by atoms with van der Waals surface area (Å²) in [5.74, 6) is 0.377. The number of methoxy groups -OCH3 is 2. The van der Waals surface area contributed by atoms with E-state index in [1.807, 2.05) is 6.92 Å². The van der Waals surface area contributed by atoms with Gasteiger partial charge in [0.1, 0.15) is 5.69 Å². The first-order valence-corrected chi connectivity index (χ1v) is 5.22. The van der Waals surface area contributed by atoms with Crippen molar-refractivity contribution in [2.75, 3.05) is 26.1 Å². The van der Waals surface area contributed by atoms with Gasteiger partial charge < -0.3 is 20.1 Å². The molecule has 94 valence electrons. The average Bonchev–Trinajstić information content (AvgIpc) is 2.29. The van der Waals surface area contributed by atoms with Crippen molar-refractivity contribution < 1.29 is 14.3 Å². The quantitative estimate of drug-likeness (QED) is 0.811. The Bertz CT molecular complexity index is 371. The van der Waals surface area contributed by atoms with Gasteiger partial charge in [0.15, 0.2) is 0 Å². The van der Waals surface area contributed by atoms with Crippen LogP contribution in [0.3, 0.4) is 0 Å². The number of ether oxygens (including phenoxy) is 2. The van der Waals surface area contributed by atoms with Crippen molar-refractivity contribution in [2.45, 2.75) is 13.0 Å². The predicted molar refractivity (Wildman–Crippen MR) is 64.3 cm³/mol. The van der Waals surface area contributed by atoms with Crippen LogP contribution in [0.25, 0.3) is 0 Å². The van der Waals surface area contributed by atoms with Crippen molar-refractivity contribution >= 4 is 11.7 Å². The number of anilines is 1. The van der Waals surface area contributed by atoms with Gasteiger partial charge in [-0.05, 0) is 19.1 Å². The summed E-state index contributed by atoms with van der Waals surface area (Å²) in [4.78, 5) is 15.6. The van der Waals surface area contributed by atoms with Crippen LogP contribution in [-0.4, -0.2) is 37.9 Å². The fraction of sp³-hybridized carbons (Fsp3) is 0.455. The molecule has 17 heavy (non-hydrogen) atoms. The van der Waals surface area contributed by atoms with E-state index < -0.39 is 0 Å². The molecular weight excluding hydrogens is 222 g/mol. The van der Waals surface area contributed by atoms with Crippen molar-refractivity contribution in [1.29, 1.82) is 0 Å². The first-order chi connectivity index (χ1) is 8.17. The molecule has 0 unspecified atom stereocenters. The molecule has 2 N–H and O–H groups in total. The Morgan fingerprint density at radius 2 is 2.29 bits per heavy atom. The number of hydrogen-bond donors (Lipinski definition) is 2. The van der Waals surface area contributed by atoms with Crippen LogP contribution in [0, 0.1) is 0 Å². The third kappa shape index (κ3) is 4.28. The van der Waals surface area contributed by atoms with Crippen molar-refractivity contribution in [1.82, 2.24) is 10.3 Å². The zero-order valence-electron chi connectivity index (χ0n) is 10.2. The van der Waals surface area contributed by atoms with Gasteiger partial charge in [-0.2, -0.15) is 0 Å². The molecule has 0 aliphatic rings. The number of aromatic nitrogens is 1. The maximum atomic E-state index is 11.6. The molecule has 2 amide bonds. The molecule has 1 aromatic rings. The Morgan fingerprint density at radius 3 is 2.94 bits per heavy atom. The molecule has 0 bridgehead atoms. The SMILES string of the molecule is COC[C@@H](C)NC(=O)Nc1cccnc1OC. The zero-order chi connectivity index (χ0) is 12.7. The second-order valence-electron chi connectivity index (χ2n) is 3.52. The second-order valence-corrected chi connectivity index (χ2v) is 3.52. The molecule has 0 spiro atoms. The maximum absolute atomic E-state index is 11.6. The Kier molecular flexibility index (Phi) is 5.22. The minimum absolute atomic E-state index is 0.0670. The summed E-state index contributed by atoms with van der Waals surface area (Å²) in [7, 11) is 3.08. The normalized spacial score (nSPS) is 11.7. The highest BCUT2D eigenvalue weighted by atomic mass is 16.5. The van der Waals surface area contributed by atoms with E-state index in [0.29, 0.717) is 18.2 Å². The summed E-state index contributed by atoms with van der Waals surface area (Å²) >= 11 is 0. The highest BCUT2D eigenvalue weighted by Gasteiger charge is 2.10. The number of pyridine rings is 1. The summed E-state index contributed by atoms with van der Waals surface area (Å²) in [5, 5.41) is 5.38. The molecule has 1 atom stereocenters. The van der Waals surface area contributed by atoms with Crippen LogP contribution in [0.4, 0.5) is 10.5 Å². The number of urea groups is 1. The molecule has 1 heterocycles. The topological polar surface area (TPSA) is 72.5 Å². The Hall–Kier alpha value is -1.82. The largest absolute Gasteiger partial charge is 0.480 e. The molecule has 6 nitrogen and oxygen atoms in total. The van der Waals surface area contributed by atoms with Crippen LogP contribution in [0.1, 0.15) is 6.92 Å². The number of nitrogens with one attached hydrogen (secondary N) is 2. The highest BCUT2D eigenvalue weighted by Crippen LogP contribution is 2.19. The predicted octanol–water partition coefficient (Wildman–Crippen LogP) is 1.25. The minimum Gasteiger partial charge on any atom is -0.480 e. The number of hydrogen-bond acceptors (Lipinski definition) is 4. The van der Waals surface area contributed by atoms with Gasteiger partial charge in [-0.25, -0.2) is 9.78 Å². The third-order valence-electron chi connectivity index (χ3n) is 2.01. The van der Waals surface area contributed by atoms with Gasteiger partial charge >= 0.3 is 6.03 Å². The lowest BCUT2D eigenvalue weighted by molar-refractivity contribution is 0.173. The van der Waals surface area contributed by atoms with Crippen LogP contribution >= 0.6 is 0 Å². The number of carbonyl (C=O) groups excluding carboxylic acids is 1. The van der Waals surface area contributed by atoms with Crippen LogP contribution in [-0.2, 0) is 4.74 Å². The fourth-order valence-corrected chi connectivity index (χ4v) is 1.32. The second kappa shape index (κ2) is 6.70. The molecule has 0 aromatic carbocycles. The van der Waals surface area contributed by atoms with Gasteiger partial charge in [0, 0.05) is 13.3 Å². The lowest BCUT2D eigenvalue weighted by atomic mass is 10.3. The molecular formula is C11H17N3O3. The third-order valence-corrected chi connectivity index (χ3v) is 2.01. The van der Waals surface area contributed by atoms with Gasteiger partial charge in [-0.15, -0.1) is 0 Å². The van der Waals surface area contributed by atoms with Gasteiger partial charge in [-0.1, -0.05) is 0 Å². The Morgan fingerprint density at radius 1 is 1.53 bits per heavy atom. The monoisotopic (exact) mass is 239 g/mol. The van der Waals surface area contributed by atoms with E-state index in [1.165, 1.54) is 7.11 Å². The Balaban J connectivity index is 2.55. The van der Waals surface area contributed by atoms with E-state index in [1.54, 1.807) is 25.4 Å². The van der Waals surface area contributed by atoms with Crippen LogP contribution in [0.5, 0.6) is 5.88 Å². The van der Waals surface area contributed by atoms with Crippen LogP contribution in [0.2, 0.25) is 0 Å². The van der Waals surface area contributed by atoms with Crippen molar-refractivity contribution in [3.8, 4) is 5.88 Å². The van der Waals surface area contributed by atoms with Crippen LogP contribution in [0.15, 0.2) is 18.3 Å². The van der Waals surface area contributed by atoms with E-state index in [9.17, 15) is 4.79 Å². The highest BCUT2D eigenvalue weighted by molar-refractivity contribution is 5.90. The number of rotatable bonds is 5. The molecule has 0 radical (unpaired) electrons. The minimum atomic E-state index is -0.319. The average molecular weight is 239 g/mol. The number of amides is 2. The molecule has 0 saturated carbocycles. The smallest absolute Gasteiger partial charge is 0.319 e. The molecule has 6 heteroatoms. The summed E-state index contributed by atoms with van der Waals surface area (Å²) in [6.07, 6.45) is 1.59. The standard InChI is InChI=1S/C11H17N3O3/c1-8(7-16-2)13-11(15)14-9-5-4-6-12-10(9)17-3/h4-6,8H,7H2,1-3H3,(H2,13,14,15)/t8-/m1/s1. The van der Waals surface area contributed by atoms with Crippen molar-refractivity contribution in [3.63, 3.8) is 0 Å². The van der Waals surface area contributed by atoms with Gasteiger partial charge in [0.2, 0.25) is 5.88 Å². The summed E-state index contributed by atoms with van der Waals surface area (Å²) in [6.45, 7) is 2.31. The van der Waals surface area contributed by atoms with Gasteiger partial charge in [0.25, 0.3) is 0 Å². The maximum Gasteiger partial charge on any atom is 0.319 e. The summed E-state index contributed by atoms with van der Waals surface area (Å²) in [6, 6.07) is 3.05. The molecule has 1 rings (SSSR count). The first-order valence-electron chi connectivity index (χ1n) is 5.22. The van der Waals surface area contributed by atoms with Crippen molar-refractivity contribution in [3.05, 3.63) is 18.3 Å². The summed E-state index contributed by atoms with van der Waals surface area (Å²) < 4.78 is 9.94. The zero-order valence-corrected chi connectivity index (χ0v) is 10.2. The van der Waals surface area contributed by atoms with E-state index in [0.717, 1.165) is 0 Å². The Labute approximate surface area is 100 Å². The van der Waals surface area contributed by atoms with Crippen LogP contribution < -0.4 is 15.4 Å². The molecule has 0 aliphatic heterocycles. The molecule has 0 aliphatic carbocycles. The molecule has 0 saturated heterocycles. The lowest BCUT2D eigenvalue weighted by Crippen LogP contribution is -2.38. The fourth-order valence-electron chi connectivity index (χ4n) is 1.32. The van der Waals surface area contributed by atoms with Crippen molar-refractivity contribution in [2.24, 2.45) is 0 Å². The van der Waals surface area contributed by atoms with E-state index in [2.05, 4.69) is 15.6 Å². The number of carbonyl (C=O) groups is 1. The number of nitrogens with zero attached hydrogens (tertiary/aromatic N) is 1. The van der Waals surface area contributed by atoms with Gasteiger partial charge in [-0.3, -0.25) is 0 Å².